The molecule has 0 spiro atoms. The van der Waals surface area contributed by atoms with E-state index in [1.807, 2.05) is 12.1 Å². The molecule has 0 aromatic heterocycles. The third-order valence-electron chi connectivity index (χ3n) is 4.87. The maximum atomic E-state index is 12.5. The summed E-state index contributed by atoms with van der Waals surface area (Å²) in [6, 6.07) is 5.99. The molecule has 0 saturated carbocycles. The van der Waals surface area contributed by atoms with E-state index in [1.54, 1.807) is 0 Å². The molecule has 1 saturated heterocycles. The molecule has 2 N–H and O–H groups in total. The van der Waals surface area contributed by atoms with Gasteiger partial charge in [0.05, 0.1) is 6.26 Å². The van der Waals surface area contributed by atoms with E-state index in [0.29, 0.717) is 31.5 Å². The Labute approximate surface area is 155 Å². The van der Waals surface area contributed by atoms with Crippen LogP contribution in [0, 0.1) is 0 Å². The molecule has 0 unspecified atom stereocenters. The van der Waals surface area contributed by atoms with Crippen molar-refractivity contribution in [2.24, 2.45) is 0 Å². The van der Waals surface area contributed by atoms with Crippen molar-refractivity contribution in [1.29, 1.82) is 0 Å². The van der Waals surface area contributed by atoms with E-state index >= 15 is 0 Å². The molecule has 2 aliphatic rings. The molecule has 0 atom stereocenters. The molecule has 1 aromatic rings. The largest absolute Gasteiger partial charge is 0.349 e. The van der Waals surface area contributed by atoms with E-state index in [4.69, 9.17) is 0 Å². The van der Waals surface area contributed by atoms with Crippen LogP contribution in [0.1, 0.15) is 34.3 Å². The molecule has 8 heteroatoms. The quantitative estimate of drug-likeness (QED) is 0.809. The first kappa shape index (κ1) is 20.2. The third kappa shape index (κ3) is 5.17. The van der Waals surface area contributed by atoms with Crippen molar-refractivity contribution >= 4 is 28.3 Å². The fourth-order valence-electron chi connectivity index (χ4n) is 3.42. The van der Waals surface area contributed by atoms with Gasteiger partial charge < -0.3 is 10.6 Å². The number of carbonyl (C=O) groups excluding carboxylic acids is 1. The van der Waals surface area contributed by atoms with Crippen molar-refractivity contribution in [1.82, 2.24) is 14.9 Å². The number of sulfonamides is 1. The van der Waals surface area contributed by atoms with E-state index in [-0.39, 0.29) is 24.4 Å². The Bertz CT molecular complexity index is 716. The number of benzene rings is 1. The van der Waals surface area contributed by atoms with Crippen LogP contribution in [0.15, 0.2) is 18.2 Å². The SMILES string of the molecule is CS(=O)(=O)N1CCC(NC(=O)c2ccc3c(c2)CCNCC3)CC1.Cl. The lowest BCUT2D eigenvalue weighted by Crippen LogP contribution is -2.46. The molecule has 6 nitrogen and oxygen atoms in total. The fourth-order valence-corrected chi connectivity index (χ4v) is 4.29. The highest BCUT2D eigenvalue weighted by Gasteiger charge is 2.26. The van der Waals surface area contributed by atoms with Gasteiger partial charge in [-0.05, 0) is 62.0 Å². The lowest BCUT2D eigenvalue weighted by atomic mass is 9.99. The van der Waals surface area contributed by atoms with E-state index in [0.717, 1.165) is 25.9 Å². The third-order valence-corrected chi connectivity index (χ3v) is 6.17. The molecule has 25 heavy (non-hydrogen) atoms. The van der Waals surface area contributed by atoms with Gasteiger partial charge >= 0.3 is 0 Å². The summed E-state index contributed by atoms with van der Waals surface area (Å²) in [6.07, 6.45) is 4.50. The number of hydrogen-bond acceptors (Lipinski definition) is 4. The van der Waals surface area contributed by atoms with Gasteiger partial charge in [0.15, 0.2) is 0 Å². The summed E-state index contributed by atoms with van der Waals surface area (Å²) >= 11 is 0. The average Bonchev–Trinajstić information content (AvgIpc) is 2.79. The van der Waals surface area contributed by atoms with Crippen LogP contribution >= 0.6 is 12.4 Å². The van der Waals surface area contributed by atoms with Crippen molar-refractivity contribution < 1.29 is 13.2 Å². The second kappa shape index (κ2) is 8.49. The molecule has 2 heterocycles. The molecule has 1 aromatic carbocycles. The normalized spacial score (nSPS) is 19.4. The number of amides is 1. The van der Waals surface area contributed by atoms with Crippen LogP contribution in [-0.2, 0) is 22.9 Å². The van der Waals surface area contributed by atoms with Crippen LogP contribution in [-0.4, -0.2) is 57.1 Å². The summed E-state index contributed by atoms with van der Waals surface area (Å²) in [7, 11) is -3.13. The summed E-state index contributed by atoms with van der Waals surface area (Å²) < 4.78 is 24.5. The Morgan fingerprint density at radius 1 is 1.16 bits per heavy atom. The number of rotatable bonds is 3. The monoisotopic (exact) mass is 387 g/mol. The van der Waals surface area contributed by atoms with E-state index in [9.17, 15) is 13.2 Å². The Morgan fingerprint density at radius 3 is 2.44 bits per heavy atom. The van der Waals surface area contributed by atoms with Crippen LogP contribution in [0.25, 0.3) is 0 Å². The van der Waals surface area contributed by atoms with Crippen molar-refractivity contribution in [2.75, 3.05) is 32.4 Å². The van der Waals surface area contributed by atoms with Gasteiger partial charge in [0.1, 0.15) is 0 Å². The molecule has 140 valence electrons. The summed E-state index contributed by atoms with van der Waals surface area (Å²) in [6.45, 7) is 2.87. The molecule has 0 aliphatic carbocycles. The molecule has 1 amide bonds. The first-order valence-electron chi connectivity index (χ1n) is 8.52. The van der Waals surface area contributed by atoms with Crippen LogP contribution < -0.4 is 10.6 Å². The van der Waals surface area contributed by atoms with Gasteiger partial charge in [0, 0.05) is 24.7 Å². The summed E-state index contributed by atoms with van der Waals surface area (Å²) in [5.41, 5.74) is 3.26. The molecule has 2 aliphatic heterocycles. The number of nitrogens with one attached hydrogen (secondary N) is 2. The lowest BCUT2D eigenvalue weighted by molar-refractivity contribution is 0.0924. The van der Waals surface area contributed by atoms with Gasteiger partial charge in [-0.15, -0.1) is 12.4 Å². The maximum absolute atomic E-state index is 12.5. The van der Waals surface area contributed by atoms with Gasteiger partial charge in [-0.2, -0.15) is 0 Å². The number of fused-ring (bicyclic) bond motifs is 1. The van der Waals surface area contributed by atoms with Crippen LogP contribution in [0.2, 0.25) is 0 Å². The summed E-state index contributed by atoms with van der Waals surface area (Å²) in [4.78, 5) is 12.5. The first-order valence-corrected chi connectivity index (χ1v) is 10.4. The van der Waals surface area contributed by atoms with Crippen molar-refractivity contribution in [3.05, 3.63) is 34.9 Å². The van der Waals surface area contributed by atoms with Crippen LogP contribution in [0.5, 0.6) is 0 Å². The van der Waals surface area contributed by atoms with Gasteiger partial charge in [-0.3, -0.25) is 4.79 Å². The highest BCUT2D eigenvalue weighted by atomic mass is 35.5. The average molecular weight is 388 g/mol. The smallest absolute Gasteiger partial charge is 0.251 e. The molecular formula is C17H26ClN3O3S. The molecule has 1 fully saturated rings. The van der Waals surface area contributed by atoms with E-state index in [1.165, 1.54) is 21.7 Å². The zero-order valence-corrected chi connectivity index (χ0v) is 16.1. The molecule has 0 bridgehead atoms. The standard InChI is InChI=1S/C17H25N3O3S.ClH/c1-24(22,23)20-10-6-16(7-11-20)19-17(21)15-3-2-13-4-8-18-9-5-14(13)12-15;/h2-3,12,16,18H,4-11H2,1H3,(H,19,21);1H. The highest BCUT2D eigenvalue weighted by Crippen LogP contribution is 2.17. The maximum Gasteiger partial charge on any atom is 0.251 e. The number of nitrogens with zero attached hydrogens (tertiary/aromatic N) is 1. The second-order valence-corrected chi connectivity index (χ2v) is 8.63. The summed E-state index contributed by atoms with van der Waals surface area (Å²) in [5, 5.41) is 6.42. The van der Waals surface area contributed by atoms with Crippen molar-refractivity contribution in [3.8, 4) is 0 Å². The second-order valence-electron chi connectivity index (χ2n) is 6.64. The van der Waals surface area contributed by atoms with E-state index in [2.05, 4.69) is 16.7 Å². The Balaban J connectivity index is 0.00000225. The number of carbonyl (C=O) groups is 1. The van der Waals surface area contributed by atoms with Crippen LogP contribution in [0.3, 0.4) is 0 Å². The minimum atomic E-state index is -3.13. The first-order chi connectivity index (χ1) is 11.4. The number of piperidine rings is 1. The number of hydrogen-bond donors (Lipinski definition) is 2. The fraction of sp³-hybridized carbons (Fsp3) is 0.588. The van der Waals surface area contributed by atoms with E-state index < -0.39 is 10.0 Å². The highest BCUT2D eigenvalue weighted by molar-refractivity contribution is 7.88. The predicted octanol–water partition coefficient (Wildman–Crippen LogP) is 0.950. The molecular weight excluding hydrogens is 362 g/mol. The molecule has 0 radical (unpaired) electrons. The van der Waals surface area contributed by atoms with Gasteiger partial charge in [0.2, 0.25) is 10.0 Å². The van der Waals surface area contributed by atoms with Gasteiger partial charge in [0.25, 0.3) is 5.91 Å². The summed E-state index contributed by atoms with van der Waals surface area (Å²) in [5.74, 6) is -0.0622. The Hall–Kier alpha value is -1.15. The van der Waals surface area contributed by atoms with Gasteiger partial charge in [-0.25, -0.2) is 12.7 Å². The Morgan fingerprint density at radius 2 is 1.80 bits per heavy atom. The number of halogens is 1. The lowest BCUT2D eigenvalue weighted by Gasteiger charge is -2.30. The van der Waals surface area contributed by atoms with Crippen molar-refractivity contribution in [3.63, 3.8) is 0 Å². The zero-order chi connectivity index (χ0) is 17.2. The predicted molar refractivity (Wildman–Crippen MR) is 101 cm³/mol. The Kier molecular flexibility index (Phi) is 6.85. The molecule has 3 rings (SSSR count). The minimum absolute atomic E-state index is 0. The topological polar surface area (TPSA) is 78.5 Å². The van der Waals surface area contributed by atoms with Crippen molar-refractivity contribution in [2.45, 2.75) is 31.7 Å². The van der Waals surface area contributed by atoms with Crippen LogP contribution in [0.4, 0.5) is 0 Å². The zero-order valence-electron chi connectivity index (χ0n) is 14.5. The van der Waals surface area contributed by atoms with Gasteiger partial charge in [-0.1, -0.05) is 6.07 Å². The minimum Gasteiger partial charge on any atom is -0.349 e.